The van der Waals surface area contributed by atoms with Crippen LogP contribution in [0.2, 0.25) is 0 Å². The van der Waals surface area contributed by atoms with E-state index >= 15 is 0 Å². The van der Waals surface area contributed by atoms with Crippen molar-refractivity contribution in [1.82, 2.24) is 15.1 Å². The molecule has 2 atom stereocenters. The summed E-state index contributed by atoms with van der Waals surface area (Å²) >= 11 is 0. The maximum absolute atomic E-state index is 13.4. The first-order valence-electron chi connectivity index (χ1n) is 9.82. The van der Waals surface area contributed by atoms with Gasteiger partial charge in [-0.2, -0.15) is 0 Å². The van der Waals surface area contributed by atoms with Gasteiger partial charge in [0.25, 0.3) is 5.91 Å². The van der Waals surface area contributed by atoms with E-state index in [1.165, 1.54) is 18.2 Å². The van der Waals surface area contributed by atoms with Crippen LogP contribution in [-0.4, -0.2) is 53.4 Å². The Hall–Kier alpha value is -3.26. The Morgan fingerprint density at radius 1 is 1.13 bits per heavy atom. The average Bonchev–Trinajstić information content (AvgIpc) is 3.02. The SMILES string of the molecule is O=C(CC1NC(=O)N(Cc2cccc(F)c2)C1=O)N1CCOC(c2ccccc2)C1. The van der Waals surface area contributed by atoms with Gasteiger partial charge in [0.1, 0.15) is 18.0 Å². The molecule has 2 saturated heterocycles. The second-order valence-corrected chi connectivity index (χ2v) is 7.37. The normalized spacial score (nSPS) is 21.6. The fourth-order valence-electron chi connectivity index (χ4n) is 3.73. The van der Waals surface area contributed by atoms with Crippen LogP contribution in [0.3, 0.4) is 0 Å². The van der Waals surface area contributed by atoms with Gasteiger partial charge in [0.15, 0.2) is 0 Å². The van der Waals surface area contributed by atoms with Gasteiger partial charge in [0.05, 0.1) is 26.1 Å². The number of imide groups is 1. The Kier molecular flexibility index (Phi) is 5.76. The number of urea groups is 1. The molecule has 0 spiro atoms. The first kappa shape index (κ1) is 20.0. The van der Waals surface area contributed by atoms with Crippen LogP contribution in [0.5, 0.6) is 0 Å². The minimum atomic E-state index is -0.920. The van der Waals surface area contributed by atoms with E-state index in [0.29, 0.717) is 25.3 Å². The molecule has 2 aliphatic rings. The molecule has 2 fully saturated rings. The summed E-state index contributed by atoms with van der Waals surface area (Å²) < 4.78 is 19.2. The Labute approximate surface area is 173 Å². The predicted molar refractivity (Wildman–Crippen MR) is 106 cm³/mol. The number of hydrogen-bond acceptors (Lipinski definition) is 4. The predicted octanol–water partition coefficient (Wildman–Crippen LogP) is 2.24. The van der Waals surface area contributed by atoms with Crippen molar-refractivity contribution >= 4 is 17.8 Å². The Balaban J connectivity index is 1.37. The van der Waals surface area contributed by atoms with Gasteiger partial charge < -0.3 is 15.0 Å². The number of nitrogens with zero attached hydrogens (tertiary/aromatic N) is 2. The molecule has 156 valence electrons. The summed E-state index contributed by atoms with van der Waals surface area (Å²) in [7, 11) is 0. The summed E-state index contributed by atoms with van der Waals surface area (Å²) in [6.07, 6.45) is -0.339. The molecule has 0 aliphatic carbocycles. The van der Waals surface area contributed by atoms with E-state index in [4.69, 9.17) is 4.74 Å². The van der Waals surface area contributed by atoms with Crippen molar-refractivity contribution in [2.45, 2.75) is 25.1 Å². The third kappa shape index (κ3) is 4.33. The highest BCUT2D eigenvalue weighted by molar-refractivity contribution is 6.05. The molecule has 4 amide bonds. The number of morpholine rings is 1. The second-order valence-electron chi connectivity index (χ2n) is 7.37. The molecule has 8 heteroatoms. The maximum atomic E-state index is 13.4. The molecular weight excluding hydrogens is 389 g/mol. The maximum Gasteiger partial charge on any atom is 0.325 e. The zero-order valence-electron chi connectivity index (χ0n) is 16.3. The quantitative estimate of drug-likeness (QED) is 0.766. The molecular formula is C22H22FN3O4. The Morgan fingerprint density at radius 2 is 1.93 bits per heavy atom. The zero-order valence-corrected chi connectivity index (χ0v) is 16.3. The summed E-state index contributed by atoms with van der Waals surface area (Å²) in [5, 5.41) is 2.57. The average molecular weight is 411 g/mol. The van der Waals surface area contributed by atoms with Gasteiger partial charge in [-0.3, -0.25) is 14.5 Å². The topological polar surface area (TPSA) is 79.0 Å². The molecule has 30 heavy (non-hydrogen) atoms. The number of hydrogen-bond donors (Lipinski definition) is 1. The van der Waals surface area contributed by atoms with E-state index in [1.54, 1.807) is 11.0 Å². The van der Waals surface area contributed by atoms with E-state index in [-0.39, 0.29) is 25.0 Å². The van der Waals surface area contributed by atoms with Crippen molar-refractivity contribution in [3.8, 4) is 0 Å². The molecule has 2 unspecified atom stereocenters. The highest BCUT2D eigenvalue weighted by Crippen LogP contribution is 2.23. The monoisotopic (exact) mass is 411 g/mol. The van der Waals surface area contributed by atoms with Gasteiger partial charge in [-0.05, 0) is 23.3 Å². The molecule has 0 radical (unpaired) electrons. The van der Waals surface area contributed by atoms with Gasteiger partial charge >= 0.3 is 6.03 Å². The van der Waals surface area contributed by atoms with Crippen molar-refractivity contribution in [3.05, 3.63) is 71.5 Å². The lowest BCUT2D eigenvalue weighted by Crippen LogP contribution is -2.45. The van der Waals surface area contributed by atoms with Crippen LogP contribution in [0.4, 0.5) is 9.18 Å². The molecule has 0 saturated carbocycles. The highest BCUT2D eigenvalue weighted by Gasteiger charge is 2.40. The largest absolute Gasteiger partial charge is 0.370 e. The summed E-state index contributed by atoms with van der Waals surface area (Å²) in [5.74, 6) is -1.14. The van der Waals surface area contributed by atoms with Gasteiger partial charge in [-0.1, -0.05) is 42.5 Å². The van der Waals surface area contributed by atoms with Crippen LogP contribution in [0.15, 0.2) is 54.6 Å². The molecule has 2 aromatic carbocycles. The van der Waals surface area contributed by atoms with E-state index < -0.39 is 23.8 Å². The van der Waals surface area contributed by atoms with Crippen molar-refractivity contribution in [2.24, 2.45) is 0 Å². The van der Waals surface area contributed by atoms with E-state index in [1.807, 2.05) is 30.3 Å². The summed E-state index contributed by atoms with van der Waals surface area (Å²) in [6.45, 7) is 1.19. The third-order valence-corrected chi connectivity index (χ3v) is 5.31. The van der Waals surface area contributed by atoms with E-state index in [0.717, 1.165) is 10.5 Å². The molecule has 2 heterocycles. The van der Waals surface area contributed by atoms with E-state index in [2.05, 4.69) is 5.32 Å². The first-order valence-corrected chi connectivity index (χ1v) is 9.82. The van der Waals surface area contributed by atoms with Crippen molar-refractivity contribution in [2.75, 3.05) is 19.7 Å². The highest BCUT2D eigenvalue weighted by atomic mass is 19.1. The fraction of sp³-hybridized carbons (Fsp3) is 0.318. The van der Waals surface area contributed by atoms with Crippen molar-refractivity contribution in [3.63, 3.8) is 0 Å². The minimum absolute atomic E-state index is 0.0409. The van der Waals surface area contributed by atoms with Crippen LogP contribution in [0, 0.1) is 5.82 Å². The van der Waals surface area contributed by atoms with E-state index in [9.17, 15) is 18.8 Å². The first-order chi connectivity index (χ1) is 14.5. The number of ether oxygens (including phenoxy) is 1. The van der Waals surface area contributed by atoms with Gasteiger partial charge in [0, 0.05) is 6.54 Å². The van der Waals surface area contributed by atoms with Crippen LogP contribution >= 0.6 is 0 Å². The minimum Gasteiger partial charge on any atom is -0.370 e. The lowest BCUT2D eigenvalue weighted by atomic mass is 10.1. The fourth-order valence-corrected chi connectivity index (χ4v) is 3.73. The lowest BCUT2D eigenvalue weighted by Gasteiger charge is -2.33. The third-order valence-electron chi connectivity index (χ3n) is 5.31. The standard InChI is InChI=1S/C22H22FN3O4/c23-17-8-4-5-15(11-17)13-26-21(28)18(24-22(26)29)12-20(27)25-9-10-30-19(14-25)16-6-2-1-3-7-16/h1-8,11,18-19H,9-10,12-14H2,(H,24,29). The van der Waals surface area contributed by atoms with Crippen LogP contribution in [0.25, 0.3) is 0 Å². The van der Waals surface area contributed by atoms with Gasteiger partial charge in [-0.15, -0.1) is 0 Å². The number of nitrogens with one attached hydrogen (secondary N) is 1. The molecule has 0 bridgehead atoms. The second kappa shape index (κ2) is 8.62. The molecule has 2 aliphatic heterocycles. The van der Waals surface area contributed by atoms with Crippen molar-refractivity contribution < 1.29 is 23.5 Å². The molecule has 0 aromatic heterocycles. The Morgan fingerprint density at radius 3 is 2.70 bits per heavy atom. The van der Waals surface area contributed by atoms with Gasteiger partial charge in [-0.25, -0.2) is 9.18 Å². The Bertz CT molecular complexity index is 952. The summed E-state index contributed by atoms with van der Waals surface area (Å²) in [5.41, 5.74) is 1.49. The van der Waals surface area contributed by atoms with Crippen LogP contribution in [-0.2, 0) is 20.9 Å². The van der Waals surface area contributed by atoms with Crippen LogP contribution in [0.1, 0.15) is 23.7 Å². The van der Waals surface area contributed by atoms with Gasteiger partial charge in [0.2, 0.25) is 5.91 Å². The molecule has 2 aromatic rings. The molecule has 4 rings (SSSR count). The summed E-state index contributed by atoms with van der Waals surface area (Å²) in [6, 6.07) is 13.9. The van der Waals surface area contributed by atoms with Crippen LogP contribution < -0.4 is 5.32 Å². The molecule has 7 nitrogen and oxygen atoms in total. The molecule has 1 N–H and O–H groups in total. The van der Waals surface area contributed by atoms with Crippen molar-refractivity contribution in [1.29, 1.82) is 0 Å². The number of halogens is 1. The number of amides is 4. The summed E-state index contributed by atoms with van der Waals surface area (Å²) in [4.78, 5) is 40.4. The zero-order chi connectivity index (χ0) is 21.1. The number of benzene rings is 2. The lowest BCUT2D eigenvalue weighted by molar-refractivity contribution is -0.141. The number of rotatable bonds is 5. The number of carbonyl (C=O) groups excluding carboxylic acids is 3. The number of carbonyl (C=O) groups is 3. The smallest absolute Gasteiger partial charge is 0.325 e.